The van der Waals surface area contributed by atoms with Crippen LogP contribution < -0.4 is 5.32 Å². The fourth-order valence-corrected chi connectivity index (χ4v) is 1.32. The molecule has 4 heteroatoms. The number of anilines is 1. The molecule has 1 aromatic rings. The fourth-order valence-electron chi connectivity index (χ4n) is 1.32. The van der Waals surface area contributed by atoms with Gasteiger partial charge in [-0.2, -0.15) is 5.10 Å². The zero-order valence-corrected chi connectivity index (χ0v) is 9.87. The Morgan fingerprint density at radius 3 is 2.80 bits per heavy atom. The quantitative estimate of drug-likeness (QED) is 0.826. The summed E-state index contributed by atoms with van der Waals surface area (Å²) in [5, 5.41) is 7.16. The summed E-state index contributed by atoms with van der Waals surface area (Å²) in [7, 11) is 0. The van der Waals surface area contributed by atoms with Crippen molar-refractivity contribution in [3.8, 4) is 0 Å². The van der Waals surface area contributed by atoms with Crippen LogP contribution in [0.5, 0.6) is 0 Å². The highest BCUT2D eigenvalue weighted by molar-refractivity contribution is 5.91. The molecule has 0 saturated heterocycles. The van der Waals surface area contributed by atoms with E-state index in [0.717, 1.165) is 24.5 Å². The maximum absolute atomic E-state index is 11.7. The lowest BCUT2D eigenvalue weighted by atomic mass is 10.1. The first kappa shape index (κ1) is 11.8. The van der Waals surface area contributed by atoms with Crippen molar-refractivity contribution >= 4 is 11.7 Å². The predicted molar refractivity (Wildman–Crippen MR) is 60.7 cm³/mol. The molecule has 0 unspecified atom stereocenters. The number of hydrogen-bond acceptors (Lipinski definition) is 2. The lowest BCUT2D eigenvalue weighted by Gasteiger charge is -2.10. The largest absolute Gasteiger partial charge is 0.311 e. The maximum atomic E-state index is 11.7. The zero-order valence-electron chi connectivity index (χ0n) is 9.87. The van der Waals surface area contributed by atoms with Crippen LogP contribution in [0.4, 0.5) is 5.82 Å². The van der Waals surface area contributed by atoms with Crippen LogP contribution in [0.1, 0.15) is 32.9 Å². The van der Waals surface area contributed by atoms with E-state index in [0.29, 0.717) is 0 Å². The molecule has 0 aliphatic carbocycles. The summed E-state index contributed by atoms with van der Waals surface area (Å²) < 4.78 is 1.80. The SMILES string of the molecule is CC[C@H](C)C(=O)Nc1cc(C)nn1CC. The predicted octanol–water partition coefficient (Wildman–Crippen LogP) is 2.20. The van der Waals surface area contributed by atoms with E-state index in [-0.39, 0.29) is 11.8 Å². The van der Waals surface area contributed by atoms with E-state index >= 15 is 0 Å². The molecular formula is C11H19N3O. The molecule has 1 aromatic heterocycles. The van der Waals surface area contributed by atoms with Crippen LogP contribution in [0.3, 0.4) is 0 Å². The normalized spacial score (nSPS) is 12.5. The van der Waals surface area contributed by atoms with Gasteiger partial charge >= 0.3 is 0 Å². The molecular weight excluding hydrogens is 190 g/mol. The minimum atomic E-state index is 0.0468. The summed E-state index contributed by atoms with van der Waals surface area (Å²) in [4.78, 5) is 11.7. The Labute approximate surface area is 90.7 Å². The molecule has 1 heterocycles. The summed E-state index contributed by atoms with van der Waals surface area (Å²) in [5.41, 5.74) is 0.927. The summed E-state index contributed by atoms with van der Waals surface area (Å²) in [6, 6.07) is 1.89. The van der Waals surface area contributed by atoms with Crippen LogP contribution in [0.2, 0.25) is 0 Å². The molecule has 0 radical (unpaired) electrons. The Bertz CT molecular complexity index is 344. The smallest absolute Gasteiger partial charge is 0.228 e. The molecule has 0 spiro atoms. The second-order valence-corrected chi connectivity index (χ2v) is 3.79. The Morgan fingerprint density at radius 2 is 2.27 bits per heavy atom. The van der Waals surface area contributed by atoms with E-state index < -0.39 is 0 Å². The number of amides is 1. The third-order valence-electron chi connectivity index (χ3n) is 2.51. The third kappa shape index (κ3) is 2.81. The highest BCUT2D eigenvalue weighted by atomic mass is 16.1. The Morgan fingerprint density at radius 1 is 1.60 bits per heavy atom. The van der Waals surface area contributed by atoms with E-state index in [2.05, 4.69) is 10.4 Å². The number of hydrogen-bond donors (Lipinski definition) is 1. The van der Waals surface area contributed by atoms with Gasteiger partial charge in [0.15, 0.2) is 0 Å². The van der Waals surface area contributed by atoms with Crippen molar-refractivity contribution in [1.29, 1.82) is 0 Å². The van der Waals surface area contributed by atoms with Gasteiger partial charge in [-0.15, -0.1) is 0 Å². The number of nitrogens with one attached hydrogen (secondary N) is 1. The van der Waals surface area contributed by atoms with Crippen molar-refractivity contribution in [1.82, 2.24) is 9.78 Å². The second-order valence-electron chi connectivity index (χ2n) is 3.79. The number of rotatable bonds is 4. The Hall–Kier alpha value is -1.32. The summed E-state index contributed by atoms with van der Waals surface area (Å²) in [6.07, 6.45) is 0.852. The molecule has 1 amide bonds. The van der Waals surface area contributed by atoms with Gasteiger partial charge in [-0.1, -0.05) is 13.8 Å². The summed E-state index contributed by atoms with van der Waals surface area (Å²) in [6.45, 7) is 8.63. The summed E-state index contributed by atoms with van der Waals surface area (Å²) in [5.74, 6) is 0.901. The second kappa shape index (κ2) is 4.96. The van der Waals surface area contributed by atoms with Gasteiger partial charge in [0, 0.05) is 18.5 Å². The molecule has 84 valence electrons. The third-order valence-corrected chi connectivity index (χ3v) is 2.51. The van der Waals surface area contributed by atoms with Crippen molar-refractivity contribution in [3.63, 3.8) is 0 Å². The van der Waals surface area contributed by atoms with E-state index in [1.165, 1.54) is 0 Å². The highest BCUT2D eigenvalue weighted by Gasteiger charge is 2.13. The van der Waals surface area contributed by atoms with Crippen LogP contribution in [-0.4, -0.2) is 15.7 Å². The number of nitrogens with zero attached hydrogens (tertiary/aromatic N) is 2. The van der Waals surface area contributed by atoms with E-state index in [1.807, 2.05) is 33.8 Å². The molecule has 4 nitrogen and oxygen atoms in total. The Kier molecular flexibility index (Phi) is 3.88. The van der Waals surface area contributed by atoms with Crippen LogP contribution >= 0.6 is 0 Å². The molecule has 1 rings (SSSR count). The van der Waals surface area contributed by atoms with Crippen molar-refractivity contribution in [2.45, 2.75) is 40.7 Å². The standard InChI is InChI=1S/C11H19N3O/c1-5-8(3)11(15)12-10-7-9(4)13-14(10)6-2/h7-8H,5-6H2,1-4H3,(H,12,15)/t8-/m0/s1. The van der Waals surface area contributed by atoms with Gasteiger partial charge in [0.25, 0.3) is 0 Å². The first-order chi connectivity index (χ1) is 7.08. The number of carbonyl (C=O) groups is 1. The molecule has 1 N–H and O–H groups in total. The summed E-state index contributed by atoms with van der Waals surface area (Å²) >= 11 is 0. The van der Waals surface area contributed by atoms with Gasteiger partial charge in [-0.3, -0.25) is 4.79 Å². The Balaban J connectivity index is 2.75. The topological polar surface area (TPSA) is 46.9 Å². The van der Waals surface area contributed by atoms with Gasteiger partial charge in [0.1, 0.15) is 5.82 Å². The van der Waals surface area contributed by atoms with Gasteiger partial charge in [0.2, 0.25) is 5.91 Å². The first-order valence-electron chi connectivity index (χ1n) is 5.43. The average Bonchev–Trinajstić information content (AvgIpc) is 2.57. The molecule has 15 heavy (non-hydrogen) atoms. The lowest BCUT2D eigenvalue weighted by molar-refractivity contribution is -0.119. The van der Waals surface area contributed by atoms with Gasteiger partial charge < -0.3 is 5.32 Å². The van der Waals surface area contributed by atoms with Gasteiger partial charge in [-0.05, 0) is 20.3 Å². The van der Waals surface area contributed by atoms with Gasteiger partial charge in [0.05, 0.1) is 5.69 Å². The number of carbonyl (C=O) groups excluding carboxylic acids is 1. The van der Waals surface area contributed by atoms with Crippen LogP contribution in [0.25, 0.3) is 0 Å². The zero-order chi connectivity index (χ0) is 11.4. The molecule has 1 atom stereocenters. The van der Waals surface area contributed by atoms with Gasteiger partial charge in [-0.25, -0.2) is 4.68 Å². The number of aryl methyl sites for hydroxylation is 2. The molecule has 0 saturated carbocycles. The first-order valence-corrected chi connectivity index (χ1v) is 5.43. The minimum absolute atomic E-state index is 0.0468. The fraction of sp³-hybridized carbons (Fsp3) is 0.636. The van der Waals surface area contributed by atoms with Crippen molar-refractivity contribution in [3.05, 3.63) is 11.8 Å². The van der Waals surface area contributed by atoms with Crippen molar-refractivity contribution < 1.29 is 4.79 Å². The van der Waals surface area contributed by atoms with Crippen molar-refractivity contribution in [2.24, 2.45) is 5.92 Å². The lowest BCUT2D eigenvalue weighted by Crippen LogP contribution is -2.21. The van der Waals surface area contributed by atoms with E-state index in [9.17, 15) is 4.79 Å². The molecule has 0 aliphatic heterocycles. The molecule has 0 aromatic carbocycles. The maximum Gasteiger partial charge on any atom is 0.228 e. The minimum Gasteiger partial charge on any atom is -0.311 e. The monoisotopic (exact) mass is 209 g/mol. The number of aromatic nitrogens is 2. The van der Waals surface area contributed by atoms with Crippen LogP contribution in [0.15, 0.2) is 6.07 Å². The molecule has 0 aliphatic rings. The van der Waals surface area contributed by atoms with E-state index in [4.69, 9.17) is 0 Å². The average molecular weight is 209 g/mol. The van der Waals surface area contributed by atoms with E-state index in [1.54, 1.807) is 4.68 Å². The highest BCUT2D eigenvalue weighted by Crippen LogP contribution is 2.12. The van der Waals surface area contributed by atoms with Crippen LogP contribution in [-0.2, 0) is 11.3 Å². The molecule has 0 bridgehead atoms. The molecule has 0 fully saturated rings. The van der Waals surface area contributed by atoms with Crippen molar-refractivity contribution in [2.75, 3.05) is 5.32 Å². The van der Waals surface area contributed by atoms with Crippen LogP contribution in [0, 0.1) is 12.8 Å².